The Balaban J connectivity index is 1.92. The van der Waals surface area contributed by atoms with E-state index in [1.165, 1.54) is 6.07 Å². The summed E-state index contributed by atoms with van der Waals surface area (Å²) in [5.41, 5.74) is 9.02. The Labute approximate surface area is 134 Å². The molecule has 0 atom stereocenters. The highest BCUT2D eigenvalue weighted by molar-refractivity contribution is 5.47. The topological polar surface area (TPSA) is 57.2 Å². The molecule has 4 nitrogen and oxygen atoms in total. The van der Waals surface area contributed by atoms with Crippen LogP contribution < -0.4 is 15.9 Å². The molecular formula is C19H18N2O2. The fourth-order valence-electron chi connectivity index (χ4n) is 2.44. The van der Waals surface area contributed by atoms with Gasteiger partial charge in [-0.2, -0.15) is 0 Å². The normalized spacial score (nSPS) is 10.5. The quantitative estimate of drug-likeness (QED) is 0.752. The molecule has 116 valence electrons. The summed E-state index contributed by atoms with van der Waals surface area (Å²) in [6, 6.07) is 18.8. The number of aromatic nitrogens is 1. The smallest absolute Gasteiger partial charge is 0.223 e. The largest absolute Gasteiger partial charge is 0.483 e. The van der Waals surface area contributed by atoms with Crippen LogP contribution in [-0.2, 0) is 6.61 Å². The van der Waals surface area contributed by atoms with E-state index in [0.29, 0.717) is 18.0 Å². The van der Waals surface area contributed by atoms with E-state index in [-0.39, 0.29) is 5.43 Å². The Morgan fingerprint density at radius 1 is 1.00 bits per heavy atom. The van der Waals surface area contributed by atoms with Crippen LogP contribution >= 0.6 is 0 Å². The minimum atomic E-state index is -0.120. The summed E-state index contributed by atoms with van der Waals surface area (Å²) in [5.74, 6) is 0.369. The molecule has 0 spiro atoms. The van der Waals surface area contributed by atoms with Gasteiger partial charge in [0.15, 0.2) is 5.75 Å². The third-order valence-electron chi connectivity index (χ3n) is 3.69. The molecule has 0 amide bonds. The first kappa shape index (κ1) is 14.9. The van der Waals surface area contributed by atoms with Gasteiger partial charge in [0, 0.05) is 23.6 Å². The van der Waals surface area contributed by atoms with E-state index in [1.807, 2.05) is 66.1 Å². The summed E-state index contributed by atoms with van der Waals surface area (Å²) < 4.78 is 7.70. The van der Waals surface area contributed by atoms with Crippen molar-refractivity contribution in [1.29, 1.82) is 0 Å². The Bertz CT molecular complexity index is 853. The molecule has 0 fully saturated rings. The first-order valence-electron chi connectivity index (χ1n) is 7.40. The van der Waals surface area contributed by atoms with Crippen molar-refractivity contribution in [2.45, 2.75) is 13.5 Å². The van der Waals surface area contributed by atoms with E-state index in [9.17, 15) is 4.79 Å². The van der Waals surface area contributed by atoms with Crippen molar-refractivity contribution < 1.29 is 4.74 Å². The molecule has 2 aromatic carbocycles. The average Bonchev–Trinajstić information content (AvgIpc) is 2.57. The molecule has 0 aliphatic rings. The lowest BCUT2D eigenvalue weighted by Crippen LogP contribution is -2.14. The standard InChI is InChI=1S/C19H18N2O2/c1-14-19(23-13-15-5-3-2-4-6-15)18(22)11-12-21(14)17-9-7-16(20)8-10-17/h2-12H,13,20H2,1H3. The van der Waals surface area contributed by atoms with Crippen molar-refractivity contribution in [3.8, 4) is 11.4 Å². The van der Waals surface area contributed by atoms with Gasteiger partial charge in [0.05, 0.1) is 5.69 Å². The van der Waals surface area contributed by atoms with Crippen LogP contribution in [0.3, 0.4) is 0 Å². The van der Waals surface area contributed by atoms with Gasteiger partial charge in [-0.05, 0) is 36.8 Å². The monoisotopic (exact) mass is 306 g/mol. The van der Waals surface area contributed by atoms with Crippen LogP contribution in [0.2, 0.25) is 0 Å². The molecule has 0 aliphatic carbocycles. The van der Waals surface area contributed by atoms with E-state index in [2.05, 4.69) is 0 Å². The highest BCUT2D eigenvalue weighted by atomic mass is 16.5. The van der Waals surface area contributed by atoms with Crippen LogP contribution in [0, 0.1) is 6.92 Å². The van der Waals surface area contributed by atoms with Gasteiger partial charge < -0.3 is 15.0 Å². The van der Waals surface area contributed by atoms with Crippen LogP contribution in [0.5, 0.6) is 5.75 Å². The zero-order chi connectivity index (χ0) is 16.2. The molecule has 4 heteroatoms. The van der Waals surface area contributed by atoms with Crippen molar-refractivity contribution in [3.63, 3.8) is 0 Å². The average molecular weight is 306 g/mol. The molecule has 0 bridgehead atoms. The van der Waals surface area contributed by atoms with Gasteiger partial charge in [-0.25, -0.2) is 0 Å². The van der Waals surface area contributed by atoms with Crippen molar-refractivity contribution in [2.75, 3.05) is 5.73 Å². The van der Waals surface area contributed by atoms with Crippen LogP contribution in [-0.4, -0.2) is 4.57 Å². The van der Waals surface area contributed by atoms with Crippen molar-refractivity contribution in [1.82, 2.24) is 4.57 Å². The van der Waals surface area contributed by atoms with Crippen molar-refractivity contribution in [3.05, 3.63) is 88.3 Å². The Morgan fingerprint density at radius 2 is 1.70 bits per heavy atom. The number of nitrogens with two attached hydrogens (primary N) is 1. The molecule has 3 rings (SSSR count). The zero-order valence-electron chi connectivity index (χ0n) is 12.9. The summed E-state index contributed by atoms with van der Waals surface area (Å²) in [5, 5.41) is 0. The predicted octanol–water partition coefficient (Wildman–Crippen LogP) is 3.31. The predicted molar refractivity (Wildman–Crippen MR) is 92.0 cm³/mol. The van der Waals surface area contributed by atoms with Crippen molar-refractivity contribution in [2.24, 2.45) is 0 Å². The molecule has 0 unspecified atom stereocenters. The molecule has 2 N–H and O–H groups in total. The first-order chi connectivity index (χ1) is 11.1. The lowest BCUT2D eigenvalue weighted by Gasteiger charge is -2.15. The first-order valence-corrected chi connectivity index (χ1v) is 7.40. The maximum Gasteiger partial charge on any atom is 0.223 e. The lowest BCUT2D eigenvalue weighted by atomic mass is 10.2. The van der Waals surface area contributed by atoms with E-state index >= 15 is 0 Å². The summed E-state index contributed by atoms with van der Waals surface area (Å²) in [7, 11) is 0. The number of benzene rings is 2. The number of nitrogens with zero attached hydrogens (tertiary/aromatic N) is 1. The number of anilines is 1. The molecule has 0 radical (unpaired) electrons. The highest BCUT2D eigenvalue weighted by Crippen LogP contribution is 2.19. The number of nitrogen functional groups attached to an aromatic ring is 1. The second-order valence-electron chi connectivity index (χ2n) is 5.33. The summed E-state index contributed by atoms with van der Waals surface area (Å²) >= 11 is 0. The lowest BCUT2D eigenvalue weighted by molar-refractivity contribution is 0.298. The summed E-state index contributed by atoms with van der Waals surface area (Å²) in [6.45, 7) is 2.24. The second kappa shape index (κ2) is 6.40. The van der Waals surface area contributed by atoms with Gasteiger partial charge in [-0.3, -0.25) is 4.79 Å². The highest BCUT2D eigenvalue weighted by Gasteiger charge is 2.10. The third kappa shape index (κ3) is 3.26. The fraction of sp³-hybridized carbons (Fsp3) is 0.105. The summed E-state index contributed by atoms with van der Waals surface area (Å²) in [4.78, 5) is 12.1. The maximum absolute atomic E-state index is 12.1. The number of hydrogen-bond acceptors (Lipinski definition) is 3. The van der Waals surface area contributed by atoms with E-state index in [4.69, 9.17) is 10.5 Å². The van der Waals surface area contributed by atoms with Gasteiger partial charge in [-0.1, -0.05) is 30.3 Å². The number of pyridine rings is 1. The molecule has 1 heterocycles. The Hall–Kier alpha value is -3.01. The molecule has 3 aromatic rings. The fourth-order valence-corrected chi connectivity index (χ4v) is 2.44. The van der Waals surface area contributed by atoms with Gasteiger partial charge >= 0.3 is 0 Å². The van der Waals surface area contributed by atoms with Crippen molar-refractivity contribution >= 4 is 5.69 Å². The third-order valence-corrected chi connectivity index (χ3v) is 3.69. The van der Waals surface area contributed by atoms with Gasteiger partial charge in [0.25, 0.3) is 0 Å². The SMILES string of the molecule is Cc1c(OCc2ccccc2)c(=O)ccn1-c1ccc(N)cc1. The van der Waals surface area contributed by atoms with Gasteiger partial charge in [-0.15, -0.1) is 0 Å². The Kier molecular flexibility index (Phi) is 4.15. The zero-order valence-corrected chi connectivity index (χ0v) is 12.9. The molecule has 23 heavy (non-hydrogen) atoms. The molecule has 0 saturated heterocycles. The number of rotatable bonds is 4. The second-order valence-corrected chi connectivity index (χ2v) is 5.33. The minimum Gasteiger partial charge on any atom is -0.483 e. The Morgan fingerprint density at radius 3 is 2.39 bits per heavy atom. The van der Waals surface area contributed by atoms with Crippen LogP contribution in [0.4, 0.5) is 5.69 Å². The molecule has 0 aliphatic heterocycles. The molecule has 0 saturated carbocycles. The van der Waals surface area contributed by atoms with E-state index in [0.717, 1.165) is 16.9 Å². The molecular weight excluding hydrogens is 288 g/mol. The van der Waals surface area contributed by atoms with E-state index in [1.54, 1.807) is 6.20 Å². The van der Waals surface area contributed by atoms with Crippen LogP contribution in [0.25, 0.3) is 5.69 Å². The van der Waals surface area contributed by atoms with Crippen LogP contribution in [0.15, 0.2) is 71.7 Å². The number of ether oxygens (including phenoxy) is 1. The minimum absolute atomic E-state index is 0.120. The van der Waals surface area contributed by atoms with Gasteiger partial charge in [0.1, 0.15) is 6.61 Å². The molecule has 1 aromatic heterocycles. The number of hydrogen-bond donors (Lipinski definition) is 1. The van der Waals surface area contributed by atoms with E-state index < -0.39 is 0 Å². The van der Waals surface area contributed by atoms with Gasteiger partial charge in [0.2, 0.25) is 5.43 Å². The van der Waals surface area contributed by atoms with Crippen LogP contribution in [0.1, 0.15) is 11.3 Å². The summed E-state index contributed by atoms with van der Waals surface area (Å²) in [6.07, 6.45) is 1.75. The maximum atomic E-state index is 12.1.